The minimum Gasteiger partial charge on any atom is -0.313 e. The third kappa shape index (κ3) is 3.07. The summed E-state index contributed by atoms with van der Waals surface area (Å²) in [5.41, 5.74) is 3.97. The molecule has 0 amide bonds. The summed E-state index contributed by atoms with van der Waals surface area (Å²) in [6.07, 6.45) is 6.84. The van der Waals surface area contributed by atoms with E-state index >= 15 is 0 Å². The van der Waals surface area contributed by atoms with Crippen molar-refractivity contribution >= 4 is 0 Å². The molecule has 1 atom stereocenters. The van der Waals surface area contributed by atoms with Gasteiger partial charge >= 0.3 is 0 Å². The van der Waals surface area contributed by atoms with Crippen molar-refractivity contribution in [3.63, 3.8) is 0 Å². The molecule has 4 heteroatoms. The second-order valence-corrected chi connectivity index (χ2v) is 6.58. The number of nitrogens with zero attached hydrogens (tertiary/aromatic N) is 3. The number of nitrogens with one attached hydrogen (secondary N) is 1. The lowest BCUT2D eigenvalue weighted by molar-refractivity contribution is 0.207. The van der Waals surface area contributed by atoms with Crippen LogP contribution in [0, 0.1) is 13.8 Å². The standard InChI is InChI=1S/C16H28N4/c1-12-16(13(2)19(3)18-12)11-20(15-7-8-15)10-14-6-4-5-9-17-14/h14-15,17H,4-11H2,1-3H3. The van der Waals surface area contributed by atoms with Crippen molar-refractivity contribution in [3.05, 3.63) is 17.0 Å². The van der Waals surface area contributed by atoms with Crippen LogP contribution < -0.4 is 5.32 Å². The Bertz CT molecular complexity index is 455. The van der Waals surface area contributed by atoms with Gasteiger partial charge in [0.1, 0.15) is 0 Å². The van der Waals surface area contributed by atoms with E-state index < -0.39 is 0 Å². The molecule has 2 fully saturated rings. The molecule has 1 aromatic heterocycles. The molecule has 2 aliphatic rings. The SMILES string of the molecule is Cc1nn(C)c(C)c1CN(CC1CCCCN1)C1CC1. The van der Waals surface area contributed by atoms with E-state index in [4.69, 9.17) is 0 Å². The first-order chi connectivity index (χ1) is 9.65. The molecular weight excluding hydrogens is 248 g/mol. The molecule has 0 aromatic carbocycles. The lowest BCUT2D eigenvalue weighted by atomic mass is 10.0. The maximum Gasteiger partial charge on any atom is 0.0641 e. The average molecular weight is 276 g/mol. The Morgan fingerprint density at radius 3 is 2.60 bits per heavy atom. The second kappa shape index (κ2) is 5.86. The van der Waals surface area contributed by atoms with Crippen LogP contribution in [0.15, 0.2) is 0 Å². The maximum absolute atomic E-state index is 4.56. The van der Waals surface area contributed by atoms with Crippen LogP contribution in [-0.2, 0) is 13.6 Å². The van der Waals surface area contributed by atoms with Crippen molar-refractivity contribution in [3.8, 4) is 0 Å². The first-order valence-corrected chi connectivity index (χ1v) is 8.11. The van der Waals surface area contributed by atoms with Crippen LogP contribution in [0.2, 0.25) is 0 Å². The number of piperidine rings is 1. The molecule has 2 heterocycles. The Labute approximate surface area is 122 Å². The van der Waals surface area contributed by atoms with Gasteiger partial charge in [0.05, 0.1) is 5.69 Å². The van der Waals surface area contributed by atoms with E-state index in [2.05, 4.69) is 36.2 Å². The molecule has 20 heavy (non-hydrogen) atoms. The molecule has 4 nitrogen and oxygen atoms in total. The molecule has 0 spiro atoms. The minimum atomic E-state index is 0.696. The molecule has 0 radical (unpaired) electrons. The summed E-state index contributed by atoms with van der Waals surface area (Å²) < 4.78 is 2.02. The van der Waals surface area contributed by atoms with Crippen molar-refractivity contribution in [1.29, 1.82) is 0 Å². The summed E-state index contributed by atoms with van der Waals surface area (Å²) in [6, 6.07) is 1.51. The molecule has 1 aliphatic carbocycles. The summed E-state index contributed by atoms with van der Waals surface area (Å²) >= 11 is 0. The van der Waals surface area contributed by atoms with Crippen molar-refractivity contribution in [2.24, 2.45) is 7.05 Å². The summed E-state index contributed by atoms with van der Waals surface area (Å²) in [4.78, 5) is 2.69. The molecule has 0 bridgehead atoms. The number of hydrogen-bond donors (Lipinski definition) is 1. The molecular formula is C16H28N4. The Morgan fingerprint density at radius 1 is 1.25 bits per heavy atom. The zero-order valence-electron chi connectivity index (χ0n) is 13.2. The predicted molar refractivity (Wildman–Crippen MR) is 81.8 cm³/mol. The van der Waals surface area contributed by atoms with Crippen molar-refractivity contribution in [1.82, 2.24) is 20.0 Å². The monoisotopic (exact) mass is 276 g/mol. The lowest BCUT2D eigenvalue weighted by Gasteiger charge is -2.30. The van der Waals surface area contributed by atoms with Gasteiger partial charge in [-0.05, 0) is 46.1 Å². The van der Waals surface area contributed by atoms with E-state index in [1.165, 1.54) is 62.1 Å². The van der Waals surface area contributed by atoms with Crippen molar-refractivity contribution in [2.45, 2.75) is 64.6 Å². The first kappa shape index (κ1) is 14.1. The van der Waals surface area contributed by atoms with E-state index in [0.717, 1.165) is 12.6 Å². The highest BCUT2D eigenvalue weighted by Crippen LogP contribution is 2.30. The third-order valence-corrected chi connectivity index (χ3v) is 4.95. The fourth-order valence-electron chi connectivity index (χ4n) is 3.39. The maximum atomic E-state index is 4.56. The smallest absolute Gasteiger partial charge is 0.0641 e. The van der Waals surface area contributed by atoms with E-state index in [9.17, 15) is 0 Å². The van der Waals surface area contributed by atoms with Crippen LogP contribution in [-0.4, -0.2) is 39.9 Å². The van der Waals surface area contributed by atoms with E-state index in [1.54, 1.807) is 0 Å². The number of hydrogen-bond acceptors (Lipinski definition) is 3. The van der Waals surface area contributed by atoms with E-state index in [1.807, 2.05) is 4.68 Å². The van der Waals surface area contributed by atoms with Crippen LogP contribution in [0.3, 0.4) is 0 Å². The van der Waals surface area contributed by atoms with Crippen LogP contribution in [0.1, 0.15) is 49.1 Å². The molecule has 1 N–H and O–H groups in total. The number of aryl methyl sites for hydroxylation is 2. The zero-order valence-corrected chi connectivity index (χ0v) is 13.2. The average Bonchev–Trinajstić information content (AvgIpc) is 3.24. The highest BCUT2D eigenvalue weighted by Gasteiger charge is 2.31. The van der Waals surface area contributed by atoms with Crippen LogP contribution >= 0.6 is 0 Å². The van der Waals surface area contributed by atoms with E-state index in [-0.39, 0.29) is 0 Å². The van der Waals surface area contributed by atoms with Gasteiger partial charge in [0.2, 0.25) is 0 Å². The van der Waals surface area contributed by atoms with Gasteiger partial charge in [0.15, 0.2) is 0 Å². The van der Waals surface area contributed by atoms with Gasteiger partial charge in [-0.3, -0.25) is 9.58 Å². The topological polar surface area (TPSA) is 33.1 Å². The quantitative estimate of drug-likeness (QED) is 0.894. The highest BCUT2D eigenvalue weighted by atomic mass is 15.3. The Morgan fingerprint density at radius 2 is 2.05 bits per heavy atom. The molecule has 1 saturated carbocycles. The number of rotatable bonds is 5. The fourth-order valence-corrected chi connectivity index (χ4v) is 3.39. The van der Waals surface area contributed by atoms with Crippen LogP contribution in [0.5, 0.6) is 0 Å². The zero-order chi connectivity index (χ0) is 14.1. The summed E-state index contributed by atoms with van der Waals surface area (Å²) in [6.45, 7) is 7.83. The normalized spacial score (nSPS) is 23.5. The Kier molecular flexibility index (Phi) is 4.13. The third-order valence-electron chi connectivity index (χ3n) is 4.95. The first-order valence-electron chi connectivity index (χ1n) is 8.11. The van der Waals surface area contributed by atoms with Gasteiger partial charge < -0.3 is 5.32 Å². The molecule has 112 valence electrons. The fraction of sp³-hybridized carbons (Fsp3) is 0.812. The minimum absolute atomic E-state index is 0.696. The van der Waals surface area contributed by atoms with Crippen LogP contribution in [0.4, 0.5) is 0 Å². The second-order valence-electron chi connectivity index (χ2n) is 6.58. The van der Waals surface area contributed by atoms with Crippen molar-refractivity contribution < 1.29 is 0 Å². The van der Waals surface area contributed by atoms with Gasteiger partial charge in [-0.15, -0.1) is 0 Å². The van der Waals surface area contributed by atoms with E-state index in [0.29, 0.717) is 6.04 Å². The van der Waals surface area contributed by atoms with Gasteiger partial charge in [-0.2, -0.15) is 5.10 Å². The highest BCUT2D eigenvalue weighted by molar-refractivity contribution is 5.24. The van der Waals surface area contributed by atoms with Gasteiger partial charge in [-0.1, -0.05) is 6.42 Å². The largest absolute Gasteiger partial charge is 0.313 e. The molecule has 3 rings (SSSR count). The Balaban J connectivity index is 1.67. The lowest BCUT2D eigenvalue weighted by Crippen LogP contribution is -2.44. The summed E-state index contributed by atoms with van der Waals surface area (Å²) in [7, 11) is 2.05. The summed E-state index contributed by atoms with van der Waals surface area (Å²) in [5, 5.41) is 8.25. The van der Waals surface area contributed by atoms with Crippen molar-refractivity contribution in [2.75, 3.05) is 13.1 Å². The molecule has 1 unspecified atom stereocenters. The van der Waals surface area contributed by atoms with Crippen LogP contribution in [0.25, 0.3) is 0 Å². The summed E-state index contributed by atoms with van der Waals surface area (Å²) in [5.74, 6) is 0. The molecule has 1 saturated heterocycles. The molecule has 1 aromatic rings. The number of aromatic nitrogens is 2. The van der Waals surface area contributed by atoms with Gasteiger partial charge in [-0.25, -0.2) is 0 Å². The van der Waals surface area contributed by atoms with Gasteiger partial charge in [0, 0.05) is 43.5 Å². The molecule has 1 aliphatic heterocycles. The Hall–Kier alpha value is -0.870. The van der Waals surface area contributed by atoms with Gasteiger partial charge in [0.25, 0.3) is 0 Å². The predicted octanol–water partition coefficient (Wildman–Crippen LogP) is 2.14.